The van der Waals surface area contributed by atoms with Gasteiger partial charge in [0, 0.05) is 16.2 Å². The van der Waals surface area contributed by atoms with E-state index >= 15 is 0 Å². The van der Waals surface area contributed by atoms with E-state index in [1.807, 2.05) is 6.07 Å². The second-order valence-corrected chi connectivity index (χ2v) is 5.51. The van der Waals surface area contributed by atoms with Gasteiger partial charge in [-0.1, -0.05) is 22.0 Å². The fourth-order valence-electron chi connectivity index (χ4n) is 1.84. The van der Waals surface area contributed by atoms with Gasteiger partial charge in [-0.25, -0.2) is 0 Å². The van der Waals surface area contributed by atoms with Crippen molar-refractivity contribution in [1.82, 2.24) is 0 Å². The first kappa shape index (κ1) is 16.3. The van der Waals surface area contributed by atoms with E-state index in [4.69, 9.17) is 5.73 Å². The summed E-state index contributed by atoms with van der Waals surface area (Å²) in [4.78, 5) is 1.33. The van der Waals surface area contributed by atoms with Gasteiger partial charge in [-0.15, -0.1) is 0 Å². The Morgan fingerprint density at radius 3 is 2.37 bits per heavy atom. The zero-order valence-electron chi connectivity index (χ0n) is 11.0. The lowest BCUT2D eigenvalue weighted by molar-refractivity contribution is -0.120. The van der Waals surface area contributed by atoms with Crippen LogP contribution in [-0.4, -0.2) is 25.3 Å². The van der Waals surface area contributed by atoms with Gasteiger partial charge < -0.3 is 10.6 Å². The number of alkyl halides is 3. The van der Waals surface area contributed by atoms with E-state index in [0.29, 0.717) is 18.7 Å². The van der Waals surface area contributed by atoms with Gasteiger partial charge in [-0.2, -0.15) is 13.2 Å². The van der Waals surface area contributed by atoms with E-state index in [1.54, 1.807) is 26.0 Å². The van der Waals surface area contributed by atoms with Crippen molar-refractivity contribution in [1.29, 1.82) is 0 Å². The molecule has 0 radical (unpaired) electrons. The first-order valence-corrected chi connectivity index (χ1v) is 6.86. The molecule has 6 heteroatoms. The average Bonchev–Trinajstić information content (AvgIpc) is 2.27. The molecule has 0 saturated carbocycles. The van der Waals surface area contributed by atoms with Crippen LogP contribution in [0.4, 0.5) is 18.9 Å². The van der Waals surface area contributed by atoms with Crippen LogP contribution in [0.25, 0.3) is 0 Å². The first-order valence-electron chi connectivity index (χ1n) is 6.06. The fourth-order valence-corrected chi connectivity index (χ4v) is 2.40. The van der Waals surface area contributed by atoms with Crippen LogP contribution in [0.5, 0.6) is 0 Å². The van der Waals surface area contributed by atoms with Crippen molar-refractivity contribution in [2.24, 2.45) is 5.73 Å². The Kier molecular flexibility index (Phi) is 5.67. The highest BCUT2D eigenvalue weighted by Crippen LogP contribution is 2.28. The van der Waals surface area contributed by atoms with Crippen LogP contribution < -0.4 is 10.6 Å². The second-order valence-electron chi connectivity index (χ2n) is 4.65. The second kappa shape index (κ2) is 6.61. The van der Waals surface area contributed by atoms with Crippen molar-refractivity contribution in [3.8, 4) is 0 Å². The molecule has 19 heavy (non-hydrogen) atoms. The van der Waals surface area contributed by atoms with Crippen LogP contribution >= 0.6 is 15.9 Å². The number of rotatable bonds is 5. The zero-order valence-corrected chi connectivity index (χ0v) is 12.6. The summed E-state index contributed by atoms with van der Waals surface area (Å²) in [6.45, 7) is 3.04. The number of benzene rings is 1. The Bertz CT molecular complexity index is 419. The first-order chi connectivity index (χ1) is 8.74. The highest BCUT2D eigenvalue weighted by atomic mass is 79.9. The van der Waals surface area contributed by atoms with Crippen molar-refractivity contribution in [2.75, 3.05) is 18.0 Å². The molecule has 0 atom stereocenters. The summed E-state index contributed by atoms with van der Waals surface area (Å²) in [7, 11) is 0. The van der Waals surface area contributed by atoms with Crippen molar-refractivity contribution in [2.45, 2.75) is 32.5 Å². The third kappa shape index (κ3) is 5.03. The molecule has 1 rings (SSSR count). The molecule has 2 nitrogen and oxygen atoms in total. The Labute approximate surface area is 119 Å². The van der Waals surface area contributed by atoms with E-state index in [-0.39, 0.29) is 6.04 Å². The molecule has 0 fully saturated rings. The largest absolute Gasteiger partial charge is 0.405 e. The van der Waals surface area contributed by atoms with Crippen molar-refractivity contribution in [3.63, 3.8) is 0 Å². The van der Waals surface area contributed by atoms with E-state index in [2.05, 4.69) is 15.9 Å². The van der Waals surface area contributed by atoms with Gasteiger partial charge in [-0.3, -0.25) is 0 Å². The van der Waals surface area contributed by atoms with Gasteiger partial charge in [0.15, 0.2) is 0 Å². The molecule has 0 spiro atoms. The molecule has 0 saturated heterocycles. The number of nitrogens with two attached hydrogens (primary N) is 1. The van der Waals surface area contributed by atoms with Gasteiger partial charge in [-0.05, 0) is 44.5 Å². The Hall–Kier alpha value is -0.750. The maximum absolute atomic E-state index is 12.6. The molecule has 108 valence electrons. The van der Waals surface area contributed by atoms with Gasteiger partial charge in [0.2, 0.25) is 0 Å². The van der Waals surface area contributed by atoms with Crippen LogP contribution in [0.1, 0.15) is 19.4 Å². The highest BCUT2D eigenvalue weighted by molar-refractivity contribution is 9.10. The standard InChI is InChI=1S/C13H18BrF3N2/c1-9(2)19(8-13(15,16)17)11-4-3-10(5-6-18)12(14)7-11/h3-4,7,9H,5-6,8,18H2,1-2H3. The summed E-state index contributed by atoms with van der Waals surface area (Å²) in [5.41, 5.74) is 7.04. The number of anilines is 1. The molecule has 2 N–H and O–H groups in total. The van der Waals surface area contributed by atoms with E-state index < -0.39 is 12.7 Å². The van der Waals surface area contributed by atoms with Gasteiger partial charge >= 0.3 is 6.18 Å². The third-order valence-electron chi connectivity index (χ3n) is 2.75. The lowest BCUT2D eigenvalue weighted by Crippen LogP contribution is -2.39. The Balaban J connectivity index is 3.00. The smallest absolute Gasteiger partial charge is 0.360 e. The summed E-state index contributed by atoms with van der Waals surface area (Å²) in [5, 5.41) is 0. The van der Waals surface area contributed by atoms with Crippen LogP contribution in [-0.2, 0) is 6.42 Å². The summed E-state index contributed by atoms with van der Waals surface area (Å²) >= 11 is 3.38. The summed E-state index contributed by atoms with van der Waals surface area (Å²) in [6.07, 6.45) is -3.52. The molecular formula is C13H18BrF3N2. The van der Waals surface area contributed by atoms with E-state index in [0.717, 1.165) is 10.0 Å². The molecule has 0 aliphatic rings. The number of hydrogen-bond acceptors (Lipinski definition) is 2. The minimum Gasteiger partial charge on any atom is -0.360 e. The van der Waals surface area contributed by atoms with Crippen LogP contribution in [0.3, 0.4) is 0 Å². The lowest BCUT2D eigenvalue weighted by atomic mass is 10.1. The molecule has 1 aromatic carbocycles. The normalized spacial score (nSPS) is 12.0. The maximum Gasteiger partial charge on any atom is 0.405 e. The molecule has 0 amide bonds. The molecule has 0 aliphatic carbocycles. The van der Waals surface area contributed by atoms with Crippen molar-refractivity contribution < 1.29 is 13.2 Å². The number of nitrogens with zero attached hydrogens (tertiary/aromatic N) is 1. The average molecular weight is 339 g/mol. The van der Waals surface area contributed by atoms with E-state index in [1.165, 1.54) is 4.90 Å². The summed E-state index contributed by atoms with van der Waals surface area (Å²) in [5.74, 6) is 0. The SMILES string of the molecule is CC(C)N(CC(F)(F)F)c1ccc(CCN)c(Br)c1. The zero-order chi connectivity index (χ0) is 14.6. The summed E-state index contributed by atoms with van der Waals surface area (Å²) in [6, 6.07) is 5.02. The van der Waals surface area contributed by atoms with Gasteiger partial charge in [0.25, 0.3) is 0 Å². The van der Waals surface area contributed by atoms with Crippen LogP contribution in [0, 0.1) is 0 Å². The number of halogens is 4. The third-order valence-corrected chi connectivity index (χ3v) is 3.49. The van der Waals surface area contributed by atoms with Gasteiger partial charge in [0.1, 0.15) is 6.54 Å². The minimum absolute atomic E-state index is 0.228. The molecular weight excluding hydrogens is 321 g/mol. The Morgan fingerprint density at radius 2 is 1.95 bits per heavy atom. The van der Waals surface area contributed by atoms with Crippen LogP contribution in [0.15, 0.2) is 22.7 Å². The monoisotopic (exact) mass is 338 g/mol. The summed E-state index contributed by atoms with van der Waals surface area (Å²) < 4.78 is 38.5. The molecule has 1 aromatic rings. The highest BCUT2D eigenvalue weighted by Gasteiger charge is 2.32. The number of hydrogen-bond donors (Lipinski definition) is 1. The molecule has 0 bridgehead atoms. The van der Waals surface area contributed by atoms with E-state index in [9.17, 15) is 13.2 Å². The van der Waals surface area contributed by atoms with Crippen molar-refractivity contribution >= 4 is 21.6 Å². The quantitative estimate of drug-likeness (QED) is 0.886. The maximum atomic E-state index is 12.6. The van der Waals surface area contributed by atoms with Crippen LogP contribution in [0.2, 0.25) is 0 Å². The minimum atomic E-state index is -4.22. The topological polar surface area (TPSA) is 29.3 Å². The predicted octanol–water partition coefficient (Wildman–Crippen LogP) is 3.73. The van der Waals surface area contributed by atoms with Crippen molar-refractivity contribution in [3.05, 3.63) is 28.2 Å². The Morgan fingerprint density at radius 1 is 1.32 bits per heavy atom. The lowest BCUT2D eigenvalue weighted by Gasteiger charge is -2.30. The molecule has 0 unspecified atom stereocenters. The molecule has 0 aliphatic heterocycles. The fraction of sp³-hybridized carbons (Fsp3) is 0.538. The van der Waals surface area contributed by atoms with Gasteiger partial charge in [0.05, 0.1) is 0 Å². The predicted molar refractivity (Wildman–Crippen MR) is 75.4 cm³/mol. The molecule has 0 aromatic heterocycles. The molecule has 0 heterocycles.